The summed E-state index contributed by atoms with van der Waals surface area (Å²) in [5.41, 5.74) is 0.817. The molecule has 21 heavy (non-hydrogen) atoms. The van der Waals surface area contributed by atoms with Gasteiger partial charge >= 0.3 is 5.69 Å². The van der Waals surface area contributed by atoms with Crippen molar-refractivity contribution in [1.82, 2.24) is 10.3 Å². The van der Waals surface area contributed by atoms with E-state index in [-0.39, 0.29) is 17.5 Å². The second kappa shape index (κ2) is 6.64. The van der Waals surface area contributed by atoms with E-state index >= 15 is 0 Å². The molecule has 1 heterocycles. The van der Waals surface area contributed by atoms with Crippen LogP contribution in [0.3, 0.4) is 0 Å². The molecule has 0 aliphatic heterocycles. The van der Waals surface area contributed by atoms with Gasteiger partial charge in [-0.1, -0.05) is 6.07 Å². The lowest BCUT2D eigenvalue weighted by atomic mass is 10.1. The number of nitrogens with zero attached hydrogens (tertiary/aromatic N) is 2. The minimum atomic E-state index is -0.435. The standard InChI is InChI=1S/C14H17N3O3S/c1-9-7-16-14(21-9)10(2)15-8-11-4-5-13(20-3)12(6-11)17(18)19/h4-7,10,15H,8H2,1-3H3. The van der Waals surface area contributed by atoms with Crippen molar-refractivity contribution in [1.29, 1.82) is 0 Å². The van der Waals surface area contributed by atoms with Gasteiger partial charge in [-0.05, 0) is 25.5 Å². The van der Waals surface area contributed by atoms with Crippen molar-refractivity contribution in [3.8, 4) is 5.75 Å². The Morgan fingerprint density at radius 3 is 2.86 bits per heavy atom. The molecule has 0 aliphatic rings. The number of ether oxygens (including phenoxy) is 1. The molecule has 6 nitrogen and oxygen atoms in total. The highest BCUT2D eigenvalue weighted by atomic mass is 32.1. The first-order chi connectivity index (χ1) is 10.0. The minimum absolute atomic E-state index is 0.0189. The largest absolute Gasteiger partial charge is 0.490 e. The third kappa shape index (κ3) is 3.77. The van der Waals surface area contributed by atoms with Crippen molar-refractivity contribution >= 4 is 17.0 Å². The van der Waals surface area contributed by atoms with E-state index in [0.29, 0.717) is 6.54 Å². The Hall–Kier alpha value is -1.99. The van der Waals surface area contributed by atoms with Gasteiger partial charge in [0.1, 0.15) is 5.01 Å². The van der Waals surface area contributed by atoms with Crippen LogP contribution in [0.15, 0.2) is 24.4 Å². The first-order valence-electron chi connectivity index (χ1n) is 6.48. The van der Waals surface area contributed by atoms with Gasteiger partial charge in [-0.3, -0.25) is 10.1 Å². The van der Waals surface area contributed by atoms with E-state index in [1.165, 1.54) is 18.1 Å². The number of rotatable bonds is 6. The van der Waals surface area contributed by atoms with Gasteiger partial charge in [-0.25, -0.2) is 4.98 Å². The number of thiazole rings is 1. The number of nitro groups is 1. The monoisotopic (exact) mass is 307 g/mol. The Bertz CT molecular complexity index is 642. The van der Waals surface area contributed by atoms with Crippen molar-refractivity contribution in [3.63, 3.8) is 0 Å². The van der Waals surface area contributed by atoms with Crippen LogP contribution in [0, 0.1) is 17.0 Å². The molecule has 1 N–H and O–H groups in total. The van der Waals surface area contributed by atoms with Gasteiger partial charge in [0.15, 0.2) is 5.75 Å². The van der Waals surface area contributed by atoms with Gasteiger partial charge in [0.25, 0.3) is 0 Å². The number of nitrogens with one attached hydrogen (secondary N) is 1. The van der Waals surface area contributed by atoms with Gasteiger partial charge in [0, 0.05) is 23.7 Å². The average molecular weight is 307 g/mol. The summed E-state index contributed by atoms with van der Waals surface area (Å²) in [5.74, 6) is 0.271. The molecule has 0 saturated heterocycles. The van der Waals surface area contributed by atoms with Crippen molar-refractivity contribution in [2.24, 2.45) is 0 Å². The van der Waals surface area contributed by atoms with Crippen LogP contribution < -0.4 is 10.1 Å². The summed E-state index contributed by atoms with van der Waals surface area (Å²) in [5, 5.41) is 15.3. The van der Waals surface area contributed by atoms with Crippen molar-refractivity contribution < 1.29 is 9.66 Å². The smallest absolute Gasteiger partial charge is 0.311 e. The van der Waals surface area contributed by atoms with Crippen LogP contribution in [0.1, 0.15) is 28.4 Å². The summed E-state index contributed by atoms with van der Waals surface area (Å²) >= 11 is 1.64. The zero-order valence-electron chi connectivity index (χ0n) is 12.1. The molecule has 1 aromatic heterocycles. The van der Waals surface area contributed by atoms with E-state index in [1.54, 1.807) is 17.4 Å². The molecule has 7 heteroatoms. The number of nitro benzene ring substituents is 1. The van der Waals surface area contributed by atoms with Gasteiger partial charge in [-0.2, -0.15) is 0 Å². The average Bonchev–Trinajstić information content (AvgIpc) is 2.91. The summed E-state index contributed by atoms with van der Waals surface area (Å²) in [6, 6.07) is 5.07. The van der Waals surface area contributed by atoms with E-state index in [9.17, 15) is 10.1 Å². The summed E-state index contributed by atoms with van der Waals surface area (Å²) < 4.78 is 4.99. The SMILES string of the molecule is COc1ccc(CNC(C)c2ncc(C)s2)cc1[N+](=O)[O-]. The van der Waals surface area contributed by atoms with Crippen LogP contribution in [0.4, 0.5) is 5.69 Å². The quantitative estimate of drug-likeness (QED) is 0.655. The number of benzene rings is 1. The summed E-state index contributed by atoms with van der Waals surface area (Å²) in [6.07, 6.45) is 1.84. The molecule has 1 aromatic carbocycles. The molecule has 1 unspecified atom stereocenters. The Morgan fingerprint density at radius 1 is 1.52 bits per heavy atom. The molecular weight excluding hydrogens is 290 g/mol. The highest BCUT2D eigenvalue weighted by Gasteiger charge is 2.16. The maximum Gasteiger partial charge on any atom is 0.311 e. The molecule has 0 bridgehead atoms. The third-order valence-electron chi connectivity index (χ3n) is 3.06. The maximum absolute atomic E-state index is 11.0. The predicted octanol–water partition coefficient (Wildman–Crippen LogP) is 3.22. The predicted molar refractivity (Wildman–Crippen MR) is 81.8 cm³/mol. The molecule has 0 saturated carbocycles. The van der Waals surface area contributed by atoms with E-state index in [4.69, 9.17) is 4.74 Å². The van der Waals surface area contributed by atoms with Gasteiger partial charge in [-0.15, -0.1) is 11.3 Å². The third-order valence-corrected chi connectivity index (χ3v) is 4.16. The maximum atomic E-state index is 11.0. The normalized spacial score (nSPS) is 12.1. The molecular formula is C14H17N3O3S. The molecule has 2 aromatic rings. The summed E-state index contributed by atoms with van der Waals surface area (Å²) in [7, 11) is 1.42. The van der Waals surface area contributed by atoms with Crippen molar-refractivity contribution in [2.45, 2.75) is 26.4 Å². The van der Waals surface area contributed by atoms with Gasteiger partial charge in [0.05, 0.1) is 18.1 Å². The fourth-order valence-electron chi connectivity index (χ4n) is 1.92. The fourth-order valence-corrected chi connectivity index (χ4v) is 2.72. The van der Waals surface area contributed by atoms with Crippen LogP contribution in [0.2, 0.25) is 0 Å². The van der Waals surface area contributed by atoms with E-state index in [1.807, 2.05) is 26.1 Å². The van der Waals surface area contributed by atoms with E-state index in [0.717, 1.165) is 10.6 Å². The molecule has 1 atom stereocenters. The highest BCUT2D eigenvalue weighted by Crippen LogP contribution is 2.28. The Balaban J connectivity index is 2.06. The van der Waals surface area contributed by atoms with Crippen LogP contribution >= 0.6 is 11.3 Å². The fraction of sp³-hybridized carbons (Fsp3) is 0.357. The number of hydrogen-bond acceptors (Lipinski definition) is 6. The van der Waals surface area contributed by atoms with Crippen LogP contribution in [-0.2, 0) is 6.54 Å². The number of hydrogen-bond donors (Lipinski definition) is 1. The molecule has 0 fully saturated rings. The Kier molecular flexibility index (Phi) is 4.87. The Morgan fingerprint density at radius 2 is 2.29 bits per heavy atom. The zero-order valence-corrected chi connectivity index (χ0v) is 12.9. The molecule has 0 spiro atoms. The molecule has 2 rings (SSSR count). The van der Waals surface area contributed by atoms with E-state index < -0.39 is 4.92 Å². The summed E-state index contributed by atoms with van der Waals surface area (Å²) in [6.45, 7) is 4.57. The van der Waals surface area contributed by atoms with Crippen molar-refractivity contribution in [2.75, 3.05) is 7.11 Å². The second-order valence-corrected chi connectivity index (χ2v) is 5.94. The number of aromatic nitrogens is 1. The minimum Gasteiger partial charge on any atom is -0.490 e. The zero-order chi connectivity index (χ0) is 15.4. The Labute approximate surface area is 126 Å². The second-order valence-electron chi connectivity index (χ2n) is 4.68. The van der Waals surface area contributed by atoms with Crippen LogP contribution in [0.5, 0.6) is 5.75 Å². The lowest BCUT2D eigenvalue weighted by Gasteiger charge is -2.11. The lowest BCUT2D eigenvalue weighted by molar-refractivity contribution is -0.385. The first kappa shape index (κ1) is 15.4. The van der Waals surface area contributed by atoms with Crippen LogP contribution in [-0.4, -0.2) is 17.0 Å². The topological polar surface area (TPSA) is 77.3 Å². The lowest BCUT2D eigenvalue weighted by Crippen LogP contribution is -2.18. The highest BCUT2D eigenvalue weighted by molar-refractivity contribution is 7.11. The van der Waals surface area contributed by atoms with Gasteiger partial charge in [0.2, 0.25) is 0 Å². The number of methoxy groups -OCH3 is 1. The molecule has 112 valence electrons. The molecule has 0 amide bonds. The number of aryl methyl sites for hydroxylation is 1. The van der Waals surface area contributed by atoms with Crippen LogP contribution in [0.25, 0.3) is 0 Å². The van der Waals surface area contributed by atoms with Gasteiger partial charge < -0.3 is 10.1 Å². The first-order valence-corrected chi connectivity index (χ1v) is 7.30. The molecule has 0 radical (unpaired) electrons. The summed E-state index contributed by atoms with van der Waals surface area (Å²) in [4.78, 5) is 16.1. The molecule has 0 aliphatic carbocycles. The van der Waals surface area contributed by atoms with E-state index in [2.05, 4.69) is 10.3 Å². The van der Waals surface area contributed by atoms with Crippen molar-refractivity contribution in [3.05, 3.63) is 50.0 Å².